The van der Waals surface area contributed by atoms with Gasteiger partial charge in [-0.15, -0.1) is 0 Å². The van der Waals surface area contributed by atoms with Gasteiger partial charge in [0.25, 0.3) is 0 Å². The summed E-state index contributed by atoms with van der Waals surface area (Å²) in [5.74, 6) is 0.176. The van der Waals surface area contributed by atoms with Crippen LogP contribution in [0.15, 0.2) is 24.6 Å². The van der Waals surface area contributed by atoms with Crippen molar-refractivity contribution in [3.8, 4) is 0 Å². The lowest BCUT2D eigenvalue weighted by Gasteiger charge is -2.33. The molecule has 2 saturated heterocycles. The molecule has 2 aliphatic heterocycles. The second kappa shape index (κ2) is 28.7. The first-order valence-corrected chi connectivity index (χ1v) is 19.2. The van der Waals surface area contributed by atoms with Crippen LogP contribution in [-0.4, -0.2) is 78.3 Å². The van der Waals surface area contributed by atoms with Gasteiger partial charge in [0, 0.05) is 38.8 Å². The van der Waals surface area contributed by atoms with Crippen molar-refractivity contribution in [2.75, 3.05) is 45.3 Å². The summed E-state index contributed by atoms with van der Waals surface area (Å²) >= 11 is 9.20. The Morgan fingerprint density at radius 3 is 1.48 bits per heavy atom. The van der Waals surface area contributed by atoms with Crippen molar-refractivity contribution in [3.63, 3.8) is 0 Å². The first kappa shape index (κ1) is 46.7. The molecule has 0 atom stereocenters. The predicted molar refractivity (Wildman–Crippen MR) is 205 cm³/mol. The van der Waals surface area contributed by atoms with Gasteiger partial charge >= 0.3 is 11.9 Å². The van der Waals surface area contributed by atoms with Crippen LogP contribution in [0.1, 0.15) is 72.1 Å². The van der Waals surface area contributed by atoms with Crippen LogP contribution in [-0.2, 0) is 28.7 Å². The summed E-state index contributed by atoms with van der Waals surface area (Å²) in [5.41, 5.74) is 0.615. The van der Waals surface area contributed by atoms with E-state index in [1.165, 1.54) is 14.2 Å². The normalized spacial score (nSPS) is 14.9. The number of hydrogen-bond acceptors (Lipinski definition) is 9. The number of allylic oxidation sites excluding steroid dienone is 2. The number of carbonyl (C=O) groups is 4. The number of Topliss-reactive ketones (excluding diaryl/α,β-unsaturated/α-hetero) is 2. The lowest BCUT2D eigenvalue weighted by Crippen LogP contribution is -2.35. The van der Waals surface area contributed by atoms with Gasteiger partial charge in [0.05, 0.1) is 19.9 Å². The zero-order chi connectivity index (χ0) is 33.3. The number of halogens is 4. The molecule has 0 aromatic rings. The number of esters is 2. The molecule has 0 saturated carbocycles. The number of methoxy groups -OCH3 is 2. The Morgan fingerprint density at radius 1 is 0.833 bits per heavy atom. The van der Waals surface area contributed by atoms with E-state index >= 15 is 0 Å². The highest BCUT2D eigenvalue weighted by molar-refractivity contribution is 14.3. The van der Waals surface area contributed by atoms with Gasteiger partial charge in [-0.1, -0.05) is 117 Å². The van der Waals surface area contributed by atoms with E-state index in [-0.39, 0.29) is 29.3 Å². The van der Waals surface area contributed by atoms with Crippen LogP contribution in [0.25, 0.3) is 0 Å². The molecule has 2 aliphatic rings. The fraction of sp³-hybridized carbons (Fsp3) is 0.724. The van der Waals surface area contributed by atoms with Gasteiger partial charge in [0.2, 0.25) is 0 Å². The molecule has 0 aromatic carbocycles. The van der Waals surface area contributed by atoms with Crippen molar-refractivity contribution < 1.29 is 33.8 Å². The van der Waals surface area contributed by atoms with E-state index < -0.39 is 0 Å². The smallest absolute Gasteiger partial charge is 0.305 e. The van der Waals surface area contributed by atoms with Gasteiger partial charge in [-0.3, -0.25) is 19.2 Å². The van der Waals surface area contributed by atoms with Crippen molar-refractivity contribution in [2.24, 2.45) is 11.8 Å². The Kier molecular flexibility index (Phi) is 31.9. The van der Waals surface area contributed by atoms with Gasteiger partial charge in [0.1, 0.15) is -0.565 Å². The van der Waals surface area contributed by atoms with Gasteiger partial charge in [0.15, 0.2) is 17.3 Å². The molecule has 2 fully saturated rings. The highest BCUT2D eigenvalue weighted by Crippen LogP contribution is 2.33. The molecule has 0 aromatic heterocycles. The van der Waals surface area contributed by atoms with Crippen LogP contribution in [0.5, 0.6) is 0 Å². The van der Waals surface area contributed by atoms with Crippen molar-refractivity contribution in [1.29, 1.82) is 0 Å². The highest BCUT2D eigenvalue weighted by atomic mass is 127. The average Bonchev–Trinajstić information content (AvgIpc) is 2.97. The number of ketones is 2. The van der Waals surface area contributed by atoms with E-state index in [4.69, 9.17) is 5.11 Å². The third-order valence-electron chi connectivity index (χ3n) is 6.11. The van der Waals surface area contributed by atoms with Crippen molar-refractivity contribution in [2.45, 2.75) is 71.6 Å². The minimum atomic E-state index is -0.345. The second-order valence-electron chi connectivity index (χ2n) is 9.41. The second-order valence-corrected chi connectivity index (χ2v) is 22.1. The number of hydrogen-bond donors (Lipinski definition) is 2. The number of alkyl halides is 4. The van der Waals surface area contributed by atoms with Crippen LogP contribution in [0.3, 0.4) is 0 Å². The number of rotatable bonds is 9. The molecule has 0 radical (unpaired) electrons. The summed E-state index contributed by atoms with van der Waals surface area (Å²) in [7, 11) is 2.86. The van der Waals surface area contributed by atoms with Gasteiger partial charge < -0.3 is 24.8 Å². The average molecular weight is 1050 g/mol. The van der Waals surface area contributed by atoms with E-state index in [1.807, 2.05) is 16.8 Å². The number of carbonyl (C=O) groups excluding carboxylic acids is 4. The lowest BCUT2D eigenvalue weighted by molar-refractivity contribution is -0.142. The zero-order valence-corrected chi connectivity index (χ0v) is 34.5. The molecule has 246 valence electrons. The van der Waals surface area contributed by atoms with E-state index in [9.17, 15) is 19.2 Å². The summed E-state index contributed by atoms with van der Waals surface area (Å²) in [6.07, 6.45) is 5.97. The SMILES string of the molecule is C=C(C(=O)CC)N1CCC(CC(=O)OC)CC1.C=C(O)C(=O)CC.CC(I)(I)I.CI.COC(=O)CC1CCNCC1. The lowest BCUT2D eigenvalue weighted by atomic mass is 9.93. The molecular weight excluding hydrogens is 996 g/mol. The molecule has 2 heterocycles. The maximum atomic E-state index is 11.5. The molecule has 42 heavy (non-hydrogen) atoms. The van der Waals surface area contributed by atoms with Gasteiger partial charge in [-0.05, 0) is 62.5 Å². The number of aliphatic hydroxyl groups is 1. The maximum Gasteiger partial charge on any atom is 0.305 e. The molecule has 0 amide bonds. The number of ether oxygens (including phenoxy) is 2. The van der Waals surface area contributed by atoms with E-state index in [0.29, 0.717) is 42.7 Å². The number of nitrogens with zero attached hydrogens (tertiary/aromatic N) is 1. The summed E-state index contributed by atoms with van der Waals surface area (Å²) in [6.45, 7) is 16.2. The maximum absolute atomic E-state index is 11.5. The molecule has 13 heteroatoms. The first-order chi connectivity index (χ1) is 19.6. The number of piperidine rings is 2. The Morgan fingerprint density at radius 2 is 1.19 bits per heavy atom. The molecule has 2 rings (SSSR count). The Balaban J connectivity index is -0.000000522. The zero-order valence-electron chi connectivity index (χ0n) is 25.9. The molecule has 0 unspecified atom stereocenters. The Labute approximate surface area is 308 Å². The Bertz CT molecular complexity index is 800. The van der Waals surface area contributed by atoms with Crippen molar-refractivity contribution >= 4 is 114 Å². The molecule has 0 aliphatic carbocycles. The number of nitrogens with one attached hydrogen (secondary N) is 1. The standard InChI is InChI=1S/C13H21NO3.C8H15NO2.C5H8O2.C2H3I3.CH3I/c1-4-12(15)10(2)14-7-5-11(6-8-14)9-13(16)17-3;1-11-8(10)6-7-2-4-9-5-3-7;1-3-5(7)4(2)6;1-2(3,4)5;1-2/h11H,2,4-9H2,1,3H3;7,9H,2-6H2,1H3;6H,2-3H2,1H3;1H3;1H3. The summed E-state index contributed by atoms with van der Waals surface area (Å²) < 4.78 is 9.66. The molecular formula is C29H50I4N2O7. The van der Waals surface area contributed by atoms with E-state index in [1.54, 1.807) is 6.92 Å². The summed E-state index contributed by atoms with van der Waals surface area (Å²) in [4.78, 5) is 47.6. The predicted octanol–water partition coefficient (Wildman–Crippen LogP) is 7.36. The van der Waals surface area contributed by atoms with Crippen LogP contribution in [0.4, 0.5) is 0 Å². The van der Waals surface area contributed by atoms with Crippen LogP contribution >= 0.6 is 90.4 Å². The Hall–Kier alpha value is 0.240. The minimum absolute atomic E-state index is 0.0723. The topological polar surface area (TPSA) is 122 Å². The summed E-state index contributed by atoms with van der Waals surface area (Å²) in [6, 6.07) is 0. The van der Waals surface area contributed by atoms with Gasteiger partial charge in [-0.2, -0.15) is 0 Å². The molecule has 0 spiro atoms. The highest BCUT2D eigenvalue weighted by Gasteiger charge is 2.24. The molecule has 0 bridgehead atoms. The first-order valence-electron chi connectivity index (χ1n) is 13.8. The van der Waals surface area contributed by atoms with Gasteiger partial charge in [-0.25, -0.2) is 0 Å². The van der Waals surface area contributed by atoms with E-state index in [2.05, 4.69) is 125 Å². The van der Waals surface area contributed by atoms with E-state index in [0.717, 1.165) is 51.9 Å². The molecule has 9 nitrogen and oxygen atoms in total. The quantitative estimate of drug-likeness (QED) is 0.0803. The van der Waals surface area contributed by atoms with Crippen molar-refractivity contribution in [3.05, 3.63) is 24.6 Å². The summed E-state index contributed by atoms with van der Waals surface area (Å²) in [5, 5.41) is 11.5. The van der Waals surface area contributed by atoms with Crippen molar-refractivity contribution in [1.82, 2.24) is 10.2 Å². The third-order valence-corrected chi connectivity index (χ3v) is 6.11. The number of likely N-dealkylation sites (tertiary alicyclic amines) is 1. The monoisotopic (exact) mass is 1050 g/mol. The molecule has 2 N–H and O–H groups in total. The largest absolute Gasteiger partial charge is 0.505 e. The van der Waals surface area contributed by atoms with Crippen LogP contribution in [0, 0.1) is 11.8 Å². The van der Waals surface area contributed by atoms with Crippen LogP contribution < -0.4 is 5.32 Å². The minimum Gasteiger partial charge on any atom is -0.505 e. The third kappa shape index (κ3) is 29.0. The number of aliphatic hydroxyl groups excluding tert-OH is 1. The fourth-order valence-corrected chi connectivity index (χ4v) is 3.72. The van der Waals surface area contributed by atoms with Crippen LogP contribution in [0.2, 0.25) is 0 Å². The fourth-order valence-electron chi connectivity index (χ4n) is 3.72.